The van der Waals surface area contributed by atoms with Gasteiger partial charge in [0.25, 0.3) is 0 Å². The van der Waals surface area contributed by atoms with Crippen molar-refractivity contribution in [1.29, 1.82) is 0 Å². The third-order valence-electron chi connectivity index (χ3n) is 3.31. The molecule has 1 fully saturated rings. The van der Waals surface area contributed by atoms with Crippen molar-refractivity contribution in [2.75, 3.05) is 13.1 Å². The third kappa shape index (κ3) is 5.72. The van der Waals surface area contributed by atoms with E-state index in [1.165, 1.54) is 0 Å². The van der Waals surface area contributed by atoms with Gasteiger partial charge in [-0.15, -0.1) is 0 Å². The lowest BCUT2D eigenvalue weighted by molar-refractivity contribution is -0.128. The Kier molecular flexibility index (Phi) is 6.32. The molecule has 0 spiro atoms. The van der Waals surface area contributed by atoms with E-state index < -0.39 is 0 Å². The molecule has 0 aliphatic carbocycles. The summed E-state index contributed by atoms with van der Waals surface area (Å²) >= 11 is 0. The Hall–Kier alpha value is -1.59. The largest absolute Gasteiger partial charge is 0.355 e. The number of rotatable bonds is 6. The second kappa shape index (κ2) is 7.76. The smallest absolute Gasteiger partial charge is 0.224 e. The second-order valence-corrected chi connectivity index (χ2v) is 4.96. The summed E-state index contributed by atoms with van der Waals surface area (Å²) in [6.07, 6.45) is 2.15. The van der Waals surface area contributed by atoms with Crippen LogP contribution in [-0.4, -0.2) is 36.9 Å². The van der Waals surface area contributed by atoms with Gasteiger partial charge in [-0.2, -0.15) is 0 Å². The van der Waals surface area contributed by atoms with Crippen LogP contribution in [0.3, 0.4) is 0 Å². The summed E-state index contributed by atoms with van der Waals surface area (Å²) in [6.45, 7) is 4.68. The summed E-state index contributed by atoms with van der Waals surface area (Å²) < 4.78 is 0. The molecule has 0 bridgehead atoms. The monoisotopic (exact) mass is 269 g/mol. The fourth-order valence-corrected chi connectivity index (χ4v) is 1.85. The molecule has 6 heteroatoms. The number of hydrogen-bond acceptors (Lipinski definition) is 3. The highest BCUT2D eigenvalue weighted by Crippen LogP contribution is 2.10. The van der Waals surface area contributed by atoms with Crippen LogP contribution in [0.5, 0.6) is 0 Å². The first-order valence-electron chi connectivity index (χ1n) is 6.86. The molecule has 0 saturated carbocycles. The van der Waals surface area contributed by atoms with Gasteiger partial charge in [0.05, 0.1) is 5.92 Å². The van der Waals surface area contributed by atoms with Crippen LogP contribution in [0.4, 0.5) is 0 Å². The normalized spacial score (nSPS) is 20.3. The molecule has 1 saturated heterocycles. The standard InChI is InChI=1S/C13H23N3O3/c1-3-9(2)16-12(18)6-7-14-13(19)10-4-5-11(17)15-8-10/h9-10H,3-8H2,1-2H3,(H,14,19)(H,15,17)(H,16,18). The lowest BCUT2D eigenvalue weighted by Crippen LogP contribution is -2.43. The van der Waals surface area contributed by atoms with Crippen LogP contribution in [-0.2, 0) is 14.4 Å². The minimum absolute atomic E-state index is 0.00280. The van der Waals surface area contributed by atoms with Gasteiger partial charge in [-0.25, -0.2) is 0 Å². The van der Waals surface area contributed by atoms with Crippen molar-refractivity contribution >= 4 is 17.7 Å². The quantitative estimate of drug-likeness (QED) is 0.631. The predicted octanol–water partition coefficient (Wildman–Crippen LogP) is -0.0664. The second-order valence-electron chi connectivity index (χ2n) is 4.96. The molecule has 1 aliphatic rings. The van der Waals surface area contributed by atoms with Crippen LogP contribution in [0, 0.1) is 5.92 Å². The van der Waals surface area contributed by atoms with Crippen LogP contribution in [0.1, 0.15) is 39.5 Å². The highest BCUT2D eigenvalue weighted by atomic mass is 16.2. The first kappa shape index (κ1) is 15.5. The average molecular weight is 269 g/mol. The average Bonchev–Trinajstić information content (AvgIpc) is 2.39. The first-order chi connectivity index (χ1) is 9.02. The van der Waals surface area contributed by atoms with Crippen molar-refractivity contribution in [3.05, 3.63) is 0 Å². The van der Waals surface area contributed by atoms with Gasteiger partial charge in [0.2, 0.25) is 17.7 Å². The number of nitrogens with one attached hydrogen (secondary N) is 3. The molecule has 6 nitrogen and oxygen atoms in total. The summed E-state index contributed by atoms with van der Waals surface area (Å²) in [7, 11) is 0. The van der Waals surface area contributed by atoms with Crippen molar-refractivity contribution in [1.82, 2.24) is 16.0 Å². The van der Waals surface area contributed by atoms with Gasteiger partial charge in [0.1, 0.15) is 0 Å². The van der Waals surface area contributed by atoms with Crippen molar-refractivity contribution in [3.63, 3.8) is 0 Å². The molecular formula is C13H23N3O3. The summed E-state index contributed by atoms with van der Waals surface area (Å²) in [6, 6.07) is 0.164. The highest BCUT2D eigenvalue weighted by molar-refractivity contribution is 5.84. The molecule has 3 amide bonds. The van der Waals surface area contributed by atoms with E-state index in [1.54, 1.807) is 0 Å². The number of carbonyl (C=O) groups is 3. The Bertz CT molecular complexity index is 334. The van der Waals surface area contributed by atoms with Gasteiger partial charge in [-0.05, 0) is 19.8 Å². The molecule has 3 N–H and O–H groups in total. The van der Waals surface area contributed by atoms with Crippen molar-refractivity contribution in [3.8, 4) is 0 Å². The summed E-state index contributed by atoms with van der Waals surface area (Å²) in [4.78, 5) is 34.2. The molecule has 1 aliphatic heterocycles. The molecule has 2 unspecified atom stereocenters. The fourth-order valence-electron chi connectivity index (χ4n) is 1.85. The number of piperidine rings is 1. The van der Waals surface area contributed by atoms with E-state index >= 15 is 0 Å². The molecule has 19 heavy (non-hydrogen) atoms. The van der Waals surface area contributed by atoms with Gasteiger partial charge in [0, 0.05) is 32.0 Å². The van der Waals surface area contributed by atoms with Crippen molar-refractivity contribution in [2.24, 2.45) is 5.92 Å². The SMILES string of the molecule is CCC(C)NC(=O)CCNC(=O)C1CCC(=O)NC1. The highest BCUT2D eigenvalue weighted by Gasteiger charge is 2.24. The first-order valence-corrected chi connectivity index (χ1v) is 6.86. The number of amides is 3. The van der Waals surface area contributed by atoms with Crippen LogP contribution in [0.25, 0.3) is 0 Å². The molecule has 1 rings (SSSR count). The number of hydrogen-bond donors (Lipinski definition) is 3. The molecule has 0 radical (unpaired) electrons. The topological polar surface area (TPSA) is 87.3 Å². The lowest BCUT2D eigenvalue weighted by Gasteiger charge is -2.21. The van der Waals surface area contributed by atoms with Gasteiger partial charge < -0.3 is 16.0 Å². The van der Waals surface area contributed by atoms with E-state index in [2.05, 4.69) is 16.0 Å². The summed E-state index contributed by atoms with van der Waals surface area (Å²) in [5.74, 6) is -0.310. The molecule has 108 valence electrons. The maximum Gasteiger partial charge on any atom is 0.224 e. The molecule has 0 aromatic heterocycles. The Balaban J connectivity index is 2.16. The minimum atomic E-state index is -0.171. The van der Waals surface area contributed by atoms with Crippen LogP contribution >= 0.6 is 0 Å². The van der Waals surface area contributed by atoms with Gasteiger partial charge >= 0.3 is 0 Å². The molecule has 0 aromatic rings. The maximum absolute atomic E-state index is 11.8. The van der Waals surface area contributed by atoms with Gasteiger partial charge in [0.15, 0.2) is 0 Å². The van der Waals surface area contributed by atoms with Gasteiger partial charge in [-0.1, -0.05) is 6.92 Å². The van der Waals surface area contributed by atoms with Crippen molar-refractivity contribution in [2.45, 2.75) is 45.6 Å². The van der Waals surface area contributed by atoms with Gasteiger partial charge in [-0.3, -0.25) is 14.4 Å². The van der Waals surface area contributed by atoms with Crippen LogP contribution in [0.15, 0.2) is 0 Å². The van der Waals surface area contributed by atoms with E-state index in [-0.39, 0.29) is 36.1 Å². The Morgan fingerprint density at radius 3 is 2.79 bits per heavy atom. The van der Waals surface area contributed by atoms with E-state index in [0.29, 0.717) is 25.9 Å². The fraction of sp³-hybridized carbons (Fsp3) is 0.769. The zero-order valence-corrected chi connectivity index (χ0v) is 11.6. The maximum atomic E-state index is 11.8. The Morgan fingerprint density at radius 1 is 1.47 bits per heavy atom. The Morgan fingerprint density at radius 2 is 2.21 bits per heavy atom. The third-order valence-corrected chi connectivity index (χ3v) is 3.31. The lowest BCUT2D eigenvalue weighted by atomic mass is 9.98. The predicted molar refractivity (Wildman–Crippen MR) is 71.3 cm³/mol. The zero-order chi connectivity index (χ0) is 14.3. The summed E-state index contributed by atoms with van der Waals surface area (Å²) in [5, 5.41) is 8.25. The van der Waals surface area contributed by atoms with Crippen molar-refractivity contribution < 1.29 is 14.4 Å². The van der Waals surface area contributed by atoms with E-state index in [4.69, 9.17) is 0 Å². The zero-order valence-electron chi connectivity index (χ0n) is 11.6. The molecular weight excluding hydrogens is 246 g/mol. The van der Waals surface area contributed by atoms with E-state index in [9.17, 15) is 14.4 Å². The van der Waals surface area contributed by atoms with Crippen LogP contribution in [0.2, 0.25) is 0 Å². The molecule has 0 aromatic carbocycles. The minimum Gasteiger partial charge on any atom is -0.355 e. The Labute approximate surface area is 113 Å². The molecule has 1 heterocycles. The van der Waals surface area contributed by atoms with Crippen LogP contribution < -0.4 is 16.0 Å². The molecule has 2 atom stereocenters. The summed E-state index contributed by atoms with van der Waals surface area (Å²) in [5.41, 5.74) is 0. The van der Waals surface area contributed by atoms with E-state index in [0.717, 1.165) is 6.42 Å². The van der Waals surface area contributed by atoms with E-state index in [1.807, 2.05) is 13.8 Å². The number of carbonyl (C=O) groups excluding carboxylic acids is 3.